The minimum Gasteiger partial charge on any atom is -0.463 e. The minimum absolute atomic E-state index is 0.00391. The van der Waals surface area contributed by atoms with Crippen molar-refractivity contribution in [1.82, 2.24) is 0 Å². The predicted octanol–water partition coefficient (Wildman–Crippen LogP) is 28.7. The van der Waals surface area contributed by atoms with Gasteiger partial charge in [0.1, 0.15) is 37.6 Å². The van der Waals surface area contributed by atoms with Crippen LogP contribution in [0.25, 0.3) is 0 Å². The van der Waals surface area contributed by atoms with Gasteiger partial charge in [0.25, 0.3) is 0 Å². The van der Waals surface area contributed by atoms with E-state index < -0.39 is 104 Å². The van der Waals surface area contributed by atoms with Gasteiger partial charge >= 0.3 is 29.8 Å². The maximum atomic E-state index is 14.8. The molecule has 9 atom stereocenters. The number of esters is 5. The fraction of sp³-hybridized carbons (Fsp3) is 0.951. The number of carbonyl (C=O) groups excluding carboxylic acids is 5. The summed E-state index contributed by atoms with van der Waals surface area (Å²) >= 11 is 0. The molecule has 2 heterocycles. The fourth-order valence-corrected chi connectivity index (χ4v) is 17.3. The summed E-state index contributed by atoms with van der Waals surface area (Å²) in [5, 5.41) is 34.3. The van der Waals surface area contributed by atoms with E-state index >= 15 is 0 Å². The standard InChI is InChI=1S/C102H192O16/c1-6-11-16-21-26-31-36-41-46-51-56-61-66-71-76-81-91(104)111-87-90-98(114-93(106)83-78-73-68-63-58-53-48-43-38-33-28-23-18-13-8-3)100(116-95(108)85-80-75-70-65-60-55-50-45-40-35-30-25-20-15-10-5)102(117-90,88-112-92(105)82-77-72-67-62-57-52-47-42-37-32-27-22-17-12-7-2)118-101-99(97(110)96(109)89(86-103)113-101)115-94(107)84-79-74-69-64-59-54-49-44-39-34-29-24-19-14-9-4/h89-90,96-101,103,109-110H,6-88H2,1-5H3/t89-,90-,96+,97+,98-,99-,100+,101-,102+/m1/s1. The lowest BCUT2D eigenvalue weighted by atomic mass is 9.98. The van der Waals surface area contributed by atoms with E-state index in [4.69, 9.17) is 37.9 Å². The summed E-state index contributed by atoms with van der Waals surface area (Å²) in [5.74, 6) is -5.46. The summed E-state index contributed by atoms with van der Waals surface area (Å²) in [6.07, 6.45) is 74.1. The van der Waals surface area contributed by atoms with Crippen LogP contribution in [-0.4, -0.2) is 120 Å². The molecule has 0 saturated carbocycles. The van der Waals surface area contributed by atoms with Crippen LogP contribution in [0.5, 0.6) is 0 Å². The molecule has 2 fully saturated rings. The number of unbranched alkanes of at least 4 members (excludes halogenated alkanes) is 70. The Hall–Kier alpha value is -2.89. The number of ether oxygens (including phenoxy) is 8. The average molecular weight is 1670 g/mol. The van der Waals surface area contributed by atoms with Crippen LogP contribution in [0, 0.1) is 0 Å². The van der Waals surface area contributed by atoms with Crippen molar-refractivity contribution in [1.29, 1.82) is 0 Å². The Bertz CT molecular complexity index is 2230. The van der Waals surface area contributed by atoms with Crippen LogP contribution in [0.15, 0.2) is 0 Å². The molecule has 2 aliphatic rings. The first-order chi connectivity index (χ1) is 57.9. The Morgan fingerprint density at radius 1 is 0.263 bits per heavy atom. The Kier molecular flexibility index (Phi) is 77.6. The molecule has 16 heteroatoms. The quantitative estimate of drug-likeness (QED) is 0.0293. The first-order valence-electron chi connectivity index (χ1n) is 51.8. The lowest BCUT2D eigenvalue weighted by molar-refractivity contribution is -0.384. The Morgan fingerprint density at radius 3 is 0.737 bits per heavy atom. The van der Waals surface area contributed by atoms with Gasteiger partial charge in [0.05, 0.1) is 6.61 Å². The van der Waals surface area contributed by atoms with Crippen molar-refractivity contribution in [2.45, 2.75) is 603 Å². The van der Waals surface area contributed by atoms with Gasteiger partial charge in [-0.2, -0.15) is 0 Å². The van der Waals surface area contributed by atoms with E-state index in [1.807, 2.05) is 0 Å². The molecule has 0 aliphatic carbocycles. The fourth-order valence-electron chi connectivity index (χ4n) is 17.3. The van der Waals surface area contributed by atoms with Gasteiger partial charge < -0.3 is 53.2 Å². The van der Waals surface area contributed by atoms with Crippen molar-refractivity contribution < 1.29 is 77.2 Å². The number of hydrogen-bond acceptors (Lipinski definition) is 16. The monoisotopic (exact) mass is 1670 g/mol. The molecule has 0 bridgehead atoms. The number of aliphatic hydroxyl groups is 3. The molecule has 3 N–H and O–H groups in total. The molecule has 2 saturated heterocycles. The molecule has 0 radical (unpaired) electrons. The third-order valence-corrected chi connectivity index (χ3v) is 25.1. The Balaban J connectivity index is 2.53. The lowest BCUT2D eigenvalue weighted by Gasteiger charge is -2.45. The molecular formula is C102H192O16. The SMILES string of the molecule is CCCCCCCCCCCCCCCCCC(=O)OC[C@H]1O[C@@](COC(=O)CCCCCCCCCCCCCCCCC)(O[C@H]2O[C@H](CO)[C@H](O)[C@H](O)[C@H]2OC(=O)CCCCCCCCCCCCCCCCC)[C@@H](OC(=O)CCCCCCCCCCCCCCCCC)[C@@H]1OC(=O)CCCCCCCCCCCCCCCCC. The van der Waals surface area contributed by atoms with Crippen LogP contribution in [0.1, 0.15) is 548 Å². The normalized spacial score (nSPS) is 19.3. The summed E-state index contributed by atoms with van der Waals surface area (Å²) in [4.78, 5) is 71.8. The van der Waals surface area contributed by atoms with Gasteiger partial charge in [0, 0.05) is 32.1 Å². The highest BCUT2D eigenvalue weighted by molar-refractivity contribution is 5.72. The van der Waals surface area contributed by atoms with E-state index in [1.165, 1.54) is 321 Å². The largest absolute Gasteiger partial charge is 0.463 e. The Labute approximate surface area is 726 Å². The molecule has 0 spiro atoms. The van der Waals surface area contributed by atoms with Crippen LogP contribution in [-0.2, 0) is 61.9 Å². The van der Waals surface area contributed by atoms with Crippen LogP contribution in [0.3, 0.4) is 0 Å². The van der Waals surface area contributed by atoms with Gasteiger partial charge in [-0.15, -0.1) is 0 Å². The topological polar surface area (TPSA) is 220 Å². The van der Waals surface area contributed by atoms with Crippen molar-refractivity contribution in [3.05, 3.63) is 0 Å². The summed E-state index contributed by atoms with van der Waals surface area (Å²) in [5.41, 5.74) is 0. The first kappa shape index (κ1) is 111. The van der Waals surface area contributed by atoms with Gasteiger partial charge in [0.2, 0.25) is 12.1 Å². The van der Waals surface area contributed by atoms with Crippen molar-refractivity contribution in [2.75, 3.05) is 19.8 Å². The summed E-state index contributed by atoms with van der Waals surface area (Å²) in [6.45, 7) is 9.27. The highest BCUT2D eigenvalue weighted by Crippen LogP contribution is 2.42. The molecule has 0 amide bonds. The van der Waals surface area contributed by atoms with E-state index in [2.05, 4.69) is 34.6 Å². The van der Waals surface area contributed by atoms with E-state index in [0.717, 1.165) is 128 Å². The zero-order valence-electron chi connectivity index (χ0n) is 78.0. The second kappa shape index (κ2) is 82.4. The number of carbonyl (C=O) groups is 5. The molecule has 696 valence electrons. The van der Waals surface area contributed by atoms with E-state index in [-0.39, 0.29) is 32.1 Å². The van der Waals surface area contributed by atoms with Crippen LogP contribution >= 0.6 is 0 Å². The highest BCUT2D eigenvalue weighted by Gasteiger charge is 2.64. The molecule has 0 aromatic rings. The van der Waals surface area contributed by atoms with Crippen molar-refractivity contribution in [3.63, 3.8) is 0 Å². The van der Waals surface area contributed by atoms with Crippen molar-refractivity contribution in [3.8, 4) is 0 Å². The third-order valence-electron chi connectivity index (χ3n) is 25.1. The van der Waals surface area contributed by atoms with Gasteiger partial charge in [-0.1, -0.05) is 484 Å². The van der Waals surface area contributed by atoms with Gasteiger partial charge in [-0.25, -0.2) is 0 Å². The summed E-state index contributed by atoms with van der Waals surface area (Å²) in [7, 11) is 0. The van der Waals surface area contributed by atoms with E-state index in [0.29, 0.717) is 32.1 Å². The molecule has 0 aromatic heterocycles. The molecule has 16 nitrogen and oxygen atoms in total. The number of rotatable bonds is 90. The second-order valence-corrected chi connectivity index (χ2v) is 36.5. The number of hydrogen-bond donors (Lipinski definition) is 3. The summed E-state index contributed by atoms with van der Waals surface area (Å²) < 4.78 is 51.8. The van der Waals surface area contributed by atoms with Crippen LogP contribution in [0.4, 0.5) is 0 Å². The predicted molar refractivity (Wildman–Crippen MR) is 486 cm³/mol. The third kappa shape index (κ3) is 62.3. The zero-order chi connectivity index (χ0) is 85.4. The molecule has 118 heavy (non-hydrogen) atoms. The van der Waals surface area contributed by atoms with Gasteiger partial charge in [-0.05, 0) is 32.1 Å². The molecule has 2 rings (SSSR count). The second-order valence-electron chi connectivity index (χ2n) is 36.5. The molecule has 0 aromatic carbocycles. The Morgan fingerprint density at radius 2 is 0.483 bits per heavy atom. The van der Waals surface area contributed by atoms with E-state index in [9.17, 15) is 39.3 Å². The lowest BCUT2D eigenvalue weighted by Crippen LogP contribution is -2.64. The molecular weight excluding hydrogens is 1480 g/mol. The van der Waals surface area contributed by atoms with Gasteiger partial charge in [0.15, 0.2) is 18.3 Å². The highest BCUT2D eigenvalue weighted by atomic mass is 16.8. The molecule has 2 aliphatic heterocycles. The van der Waals surface area contributed by atoms with Crippen LogP contribution < -0.4 is 0 Å². The zero-order valence-corrected chi connectivity index (χ0v) is 78.0. The summed E-state index contributed by atoms with van der Waals surface area (Å²) in [6, 6.07) is 0. The van der Waals surface area contributed by atoms with Crippen LogP contribution in [0.2, 0.25) is 0 Å². The average Bonchev–Trinajstić information content (AvgIpc) is 1.58. The first-order valence-corrected chi connectivity index (χ1v) is 51.8. The van der Waals surface area contributed by atoms with Gasteiger partial charge in [-0.3, -0.25) is 24.0 Å². The molecule has 0 unspecified atom stereocenters. The van der Waals surface area contributed by atoms with Crippen molar-refractivity contribution in [2.24, 2.45) is 0 Å². The van der Waals surface area contributed by atoms with Crippen molar-refractivity contribution >= 4 is 29.8 Å². The maximum absolute atomic E-state index is 14.8. The smallest absolute Gasteiger partial charge is 0.306 e. The van der Waals surface area contributed by atoms with E-state index in [1.54, 1.807) is 0 Å². The minimum atomic E-state index is -2.44. The maximum Gasteiger partial charge on any atom is 0.306 e. The number of aliphatic hydroxyl groups excluding tert-OH is 3.